The van der Waals surface area contributed by atoms with Gasteiger partial charge in [-0.1, -0.05) is 30.3 Å². The fourth-order valence-electron chi connectivity index (χ4n) is 2.58. The summed E-state index contributed by atoms with van der Waals surface area (Å²) in [6.45, 7) is 2.16. The SMILES string of the molecule is O=C(O)/C=C/C(=O)O.c1ccc(CC2NCCn3cccc32)cc1. The number of hydrogen-bond acceptors (Lipinski definition) is 3. The number of hydrogen-bond donors (Lipinski definition) is 3. The molecule has 0 fully saturated rings. The van der Waals surface area contributed by atoms with Crippen molar-refractivity contribution in [1.82, 2.24) is 9.88 Å². The molecule has 1 aliphatic rings. The van der Waals surface area contributed by atoms with E-state index in [-0.39, 0.29) is 0 Å². The fourth-order valence-corrected chi connectivity index (χ4v) is 2.58. The maximum absolute atomic E-state index is 9.55. The van der Waals surface area contributed by atoms with Crippen molar-refractivity contribution < 1.29 is 19.8 Å². The molecule has 0 radical (unpaired) electrons. The Morgan fingerprint density at radius 1 is 1.08 bits per heavy atom. The lowest BCUT2D eigenvalue weighted by atomic mass is 10.0. The highest BCUT2D eigenvalue weighted by atomic mass is 16.4. The number of carbonyl (C=O) groups is 2. The van der Waals surface area contributed by atoms with Gasteiger partial charge in [-0.25, -0.2) is 9.59 Å². The predicted octanol–water partition coefficient (Wildman–Crippen LogP) is 2.09. The molecule has 2 heterocycles. The first-order chi connectivity index (χ1) is 11.6. The number of nitrogens with one attached hydrogen (secondary N) is 1. The summed E-state index contributed by atoms with van der Waals surface area (Å²) in [6.07, 6.45) is 4.36. The monoisotopic (exact) mass is 328 g/mol. The Morgan fingerprint density at radius 3 is 2.38 bits per heavy atom. The zero-order valence-corrected chi connectivity index (χ0v) is 13.1. The van der Waals surface area contributed by atoms with E-state index in [0.717, 1.165) is 19.5 Å². The van der Waals surface area contributed by atoms with Gasteiger partial charge in [0.25, 0.3) is 0 Å². The van der Waals surface area contributed by atoms with Crippen molar-refractivity contribution in [3.8, 4) is 0 Å². The molecule has 0 amide bonds. The van der Waals surface area contributed by atoms with Crippen LogP contribution in [0, 0.1) is 0 Å². The lowest BCUT2D eigenvalue weighted by Gasteiger charge is -2.26. The van der Waals surface area contributed by atoms with Crippen molar-refractivity contribution in [2.75, 3.05) is 6.54 Å². The van der Waals surface area contributed by atoms with Gasteiger partial charge in [0.2, 0.25) is 0 Å². The Bertz CT molecular complexity index is 691. The molecule has 0 aliphatic carbocycles. The topological polar surface area (TPSA) is 91.6 Å². The van der Waals surface area contributed by atoms with Crippen LogP contribution in [0.25, 0.3) is 0 Å². The quantitative estimate of drug-likeness (QED) is 0.748. The van der Waals surface area contributed by atoms with Crippen LogP contribution in [0.3, 0.4) is 0 Å². The van der Waals surface area contributed by atoms with Crippen molar-refractivity contribution >= 4 is 11.9 Å². The standard InChI is InChI=1S/C14H16N2.C4H4O4/c1-2-5-12(6-3-1)11-13-14-7-4-9-16(14)10-8-15-13;5-3(6)1-2-4(7)8/h1-7,9,13,15H,8,10-11H2;1-2H,(H,5,6)(H,7,8)/b;2-1+. The zero-order chi connectivity index (χ0) is 17.4. The molecule has 0 bridgehead atoms. The molecule has 0 saturated heterocycles. The lowest BCUT2D eigenvalue weighted by molar-refractivity contribution is -0.134. The molecule has 6 nitrogen and oxygen atoms in total. The Labute approximate surface area is 140 Å². The second-order valence-corrected chi connectivity index (χ2v) is 5.33. The van der Waals surface area contributed by atoms with E-state index < -0.39 is 11.9 Å². The van der Waals surface area contributed by atoms with Gasteiger partial charge in [0.1, 0.15) is 0 Å². The van der Waals surface area contributed by atoms with Crippen molar-refractivity contribution in [2.45, 2.75) is 19.0 Å². The minimum absolute atomic E-state index is 0.464. The van der Waals surface area contributed by atoms with E-state index in [9.17, 15) is 9.59 Å². The highest BCUT2D eigenvalue weighted by molar-refractivity contribution is 5.89. The van der Waals surface area contributed by atoms with Crippen LogP contribution in [0.2, 0.25) is 0 Å². The smallest absolute Gasteiger partial charge is 0.328 e. The Hall–Kier alpha value is -2.86. The average Bonchev–Trinajstić information content (AvgIpc) is 3.04. The second-order valence-electron chi connectivity index (χ2n) is 5.33. The molecule has 3 N–H and O–H groups in total. The van der Waals surface area contributed by atoms with Gasteiger partial charge in [-0.2, -0.15) is 0 Å². The van der Waals surface area contributed by atoms with Gasteiger partial charge in [0.15, 0.2) is 0 Å². The summed E-state index contributed by atoms with van der Waals surface area (Å²) in [7, 11) is 0. The van der Waals surface area contributed by atoms with E-state index in [1.54, 1.807) is 0 Å². The zero-order valence-electron chi connectivity index (χ0n) is 13.1. The molecule has 0 spiro atoms. The highest BCUT2D eigenvalue weighted by Crippen LogP contribution is 2.21. The average molecular weight is 328 g/mol. The van der Waals surface area contributed by atoms with Gasteiger partial charge in [-0.05, 0) is 24.1 Å². The van der Waals surface area contributed by atoms with Gasteiger partial charge in [-0.15, -0.1) is 0 Å². The van der Waals surface area contributed by atoms with Crippen LogP contribution in [-0.2, 0) is 22.6 Å². The number of carboxylic acids is 2. The molecule has 6 heteroatoms. The summed E-state index contributed by atoms with van der Waals surface area (Å²) in [6, 6.07) is 15.5. The van der Waals surface area contributed by atoms with Crippen molar-refractivity contribution in [1.29, 1.82) is 0 Å². The molecule has 1 aromatic carbocycles. The number of aromatic nitrogens is 1. The minimum Gasteiger partial charge on any atom is -0.478 e. The van der Waals surface area contributed by atoms with Crippen LogP contribution in [0.5, 0.6) is 0 Å². The maximum Gasteiger partial charge on any atom is 0.328 e. The van der Waals surface area contributed by atoms with Gasteiger partial charge < -0.3 is 20.1 Å². The summed E-state index contributed by atoms with van der Waals surface area (Å²) in [5.74, 6) is -2.51. The van der Waals surface area contributed by atoms with Crippen LogP contribution in [0.4, 0.5) is 0 Å². The molecule has 2 aromatic rings. The van der Waals surface area contributed by atoms with Crippen LogP contribution < -0.4 is 5.32 Å². The molecule has 0 saturated carbocycles. The van der Waals surface area contributed by atoms with Crippen LogP contribution >= 0.6 is 0 Å². The third kappa shape index (κ3) is 5.40. The largest absolute Gasteiger partial charge is 0.478 e. The summed E-state index contributed by atoms with van der Waals surface area (Å²) in [4.78, 5) is 19.1. The third-order valence-electron chi connectivity index (χ3n) is 3.62. The molecule has 24 heavy (non-hydrogen) atoms. The Morgan fingerprint density at radius 2 is 1.75 bits per heavy atom. The number of fused-ring (bicyclic) bond motifs is 1. The summed E-state index contributed by atoms with van der Waals surface area (Å²) >= 11 is 0. The molecule has 3 rings (SSSR count). The number of rotatable bonds is 4. The number of benzene rings is 1. The first kappa shape index (κ1) is 17.5. The maximum atomic E-state index is 9.55. The van der Waals surface area contributed by atoms with Gasteiger partial charge in [-0.3, -0.25) is 0 Å². The molecule has 1 atom stereocenters. The highest BCUT2D eigenvalue weighted by Gasteiger charge is 2.18. The van der Waals surface area contributed by atoms with Crippen LogP contribution in [-0.4, -0.2) is 33.3 Å². The number of nitrogens with zero attached hydrogens (tertiary/aromatic N) is 1. The molecular formula is C18H20N2O4. The normalized spacial score (nSPS) is 16.1. The lowest BCUT2D eigenvalue weighted by Crippen LogP contribution is -2.33. The summed E-state index contributed by atoms with van der Waals surface area (Å²) in [5.41, 5.74) is 2.81. The van der Waals surface area contributed by atoms with E-state index in [2.05, 4.69) is 58.5 Å². The summed E-state index contributed by atoms with van der Waals surface area (Å²) < 4.78 is 2.35. The second kappa shape index (κ2) is 8.69. The van der Waals surface area contributed by atoms with Gasteiger partial charge in [0, 0.05) is 37.1 Å². The van der Waals surface area contributed by atoms with E-state index in [4.69, 9.17) is 10.2 Å². The van der Waals surface area contributed by atoms with E-state index >= 15 is 0 Å². The molecule has 126 valence electrons. The first-order valence-corrected chi connectivity index (χ1v) is 7.62. The summed E-state index contributed by atoms with van der Waals surface area (Å²) in [5, 5.41) is 19.2. The third-order valence-corrected chi connectivity index (χ3v) is 3.62. The molecule has 1 aliphatic heterocycles. The van der Waals surface area contributed by atoms with E-state index in [0.29, 0.717) is 18.2 Å². The van der Waals surface area contributed by atoms with E-state index in [1.165, 1.54) is 11.3 Å². The number of carboxylic acid groups (broad SMARTS) is 2. The van der Waals surface area contributed by atoms with Crippen molar-refractivity contribution in [3.05, 3.63) is 72.1 Å². The molecule has 1 unspecified atom stereocenters. The van der Waals surface area contributed by atoms with Crippen LogP contribution in [0.1, 0.15) is 17.3 Å². The fraction of sp³-hybridized carbons (Fsp3) is 0.222. The Balaban J connectivity index is 0.000000224. The molecular weight excluding hydrogens is 308 g/mol. The van der Waals surface area contributed by atoms with Gasteiger partial charge >= 0.3 is 11.9 Å². The Kier molecular flexibility index (Phi) is 6.33. The van der Waals surface area contributed by atoms with Gasteiger partial charge in [0.05, 0.1) is 6.04 Å². The predicted molar refractivity (Wildman–Crippen MR) is 89.7 cm³/mol. The number of aliphatic carboxylic acids is 2. The van der Waals surface area contributed by atoms with Crippen molar-refractivity contribution in [2.24, 2.45) is 0 Å². The molecule has 1 aromatic heterocycles. The van der Waals surface area contributed by atoms with Crippen LogP contribution in [0.15, 0.2) is 60.8 Å². The van der Waals surface area contributed by atoms with Crippen molar-refractivity contribution in [3.63, 3.8) is 0 Å². The first-order valence-electron chi connectivity index (χ1n) is 7.62. The van der Waals surface area contributed by atoms with E-state index in [1.807, 2.05) is 0 Å². The minimum atomic E-state index is -1.26.